The van der Waals surface area contributed by atoms with Gasteiger partial charge in [-0.2, -0.15) is 4.80 Å². The quantitative estimate of drug-likeness (QED) is 0.573. The van der Waals surface area contributed by atoms with Gasteiger partial charge in [-0.3, -0.25) is 4.79 Å². The third-order valence-electron chi connectivity index (χ3n) is 3.35. The number of aliphatic hydroxyl groups is 1. The summed E-state index contributed by atoms with van der Waals surface area (Å²) in [7, 11) is 0. The Hall–Kier alpha value is -3.15. The van der Waals surface area contributed by atoms with E-state index >= 15 is 0 Å². The van der Waals surface area contributed by atoms with Gasteiger partial charge in [0.2, 0.25) is 0 Å². The van der Waals surface area contributed by atoms with Crippen LogP contribution in [0, 0.1) is 6.92 Å². The lowest BCUT2D eigenvalue weighted by Gasteiger charge is -2.08. The average molecular weight is 308 g/mol. The Bertz CT molecular complexity index is 865. The number of nitrogens with one attached hydrogen (secondary N) is 1. The van der Waals surface area contributed by atoms with E-state index < -0.39 is 11.7 Å². The fourth-order valence-electron chi connectivity index (χ4n) is 2.32. The van der Waals surface area contributed by atoms with E-state index in [4.69, 9.17) is 5.11 Å². The van der Waals surface area contributed by atoms with Crippen molar-refractivity contribution in [1.82, 2.24) is 20.3 Å². The molecule has 116 valence electrons. The summed E-state index contributed by atoms with van der Waals surface area (Å²) in [6.07, 6.45) is 0. The van der Waals surface area contributed by atoms with Gasteiger partial charge in [0, 0.05) is 6.54 Å². The van der Waals surface area contributed by atoms with E-state index in [-0.39, 0.29) is 6.54 Å². The molecule has 0 aliphatic heterocycles. The molecule has 6 heteroatoms. The molecule has 1 aromatic heterocycles. The van der Waals surface area contributed by atoms with Gasteiger partial charge < -0.3 is 10.4 Å². The van der Waals surface area contributed by atoms with Crippen molar-refractivity contribution in [3.63, 3.8) is 0 Å². The largest absolute Gasteiger partial charge is 0.503 e. The zero-order valence-electron chi connectivity index (χ0n) is 12.7. The lowest BCUT2D eigenvalue weighted by molar-refractivity contribution is -0.120. The summed E-state index contributed by atoms with van der Waals surface area (Å²) in [6.45, 7) is 5.44. The molecule has 1 heterocycles. The van der Waals surface area contributed by atoms with Crippen LogP contribution in [0.2, 0.25) is 0 Å². The van der Waals surface area contributed by atoms with E-state index in [2.05, 4.69) is 22.1 Å². The number of rotatable bonds is 4. The van der Waals surface area contributed by atoms with Crippen LogP contribution in [0.1, 0.15) is 11.1 Å². The minimum Gasteiger partial charge on any atom is -0.503 e. The number of nitrogens with zero attached hydrogens (tertiary/aromatic N) is 3. The summed E-state index contributed by atoms with van der Waals surface area (Å²) in [5.74, 6) is -1.09. The number of carbonyl (C=O) groups is 1. The molecule has 0 saturated carbocycles. The molecular formula is C17H16N4O2. The highest BCUT2D eigenvalue weighted by Gasteiger charge is 2.08. The number of hydrogen-bond donors (Lipinski definition) is 2. The van der Waals surface area contributed by atoms with Gasteiger partial charge in [-0.1, -0.05) is 24.8 Å². The maximum Gasteiger partial charge on any atom is 0.285 e. The highest BCUT2D eigenvalue weighted by Crippen LogP contribution is 2.15. The Kier molecular flexibility index (Phi) is 3.80. The molecular weight excluding hydrogens is 292 g/mol. The lowest BCUT2D eigenvalue weighted by atomic mass is 10.1. The summed E-state index contributed by atoms with van der Waals surface area (Å²) in [5, 5.41) is 20.5. The van der Waals surface area contributed by atoms with Gasteiger partial charge in [0.05, 0.1) is 5.69 Å². The highest BCUT2D eigenvalue weighted by molar-refractivity contribution is 5.90. The highest BCUT2D eigenvalue weighted by atomic mass is 16.3. The number of hydrogen-bond acceptors (Lipinski definition) is 4. The van der Waals surface area contributed by atoms with Crippen molar-refractivity contribution >= 4 is 16.9 Å². The fraction of sp³-hybridized carbons (Fsp3) is 0.118. The van der Waals surface area contributed by atoms with E-state index in [0.717, 1.165) is 27.8 Å². The molecule has 1 amide bonds. The van der Waals surface area contributed by atoms with Crippen LogP contribution < -0.4 is 5.32 Å². The van der Waals surface area contributed by atoms with Crippen LogP contribution in [0.4, 0.5) is 0 Å². The fourth-order valence-corrected chi connectivity index (χ4v) is 2.32. The second-order valence-electron chi connectivity index (χ2n) is 5.28. The van der Waals surface area contributed by atoms with Crippen LogP contribution in [-0.2, 0) is 11.3 Å². The van der Waals surface area contributed by atoms with E-state index in [1.807, 2.05) is 49.4 Å². The molecule has 3 rings (SSSR count). The van der Waals surface area contributed by atoms with Crippen molar-refractivity contribution in [2.45, 2.75) is 13.5 Å². The second-order valence-corrected chi connectivity index (χ2v) is 5.28. The molecule has 0 aliphatic carbocycles. The van der Waals surface area contributed by atoms with Gasteiger partial charge in [0.25, 0.3) is 5.91 Å². The average Bonchev–Trinajstić information content (AvgIpc) is 2.96. The van der Waals surface area contributed by atoms with Gasteiger partial charge in [-0.25, -0.2) is 0 Å². The van der Waals surface area contributed by atoms with Crippen LogP contribution in [0.3, 0.4) is 0 Å². The molecule has 0 atom stereocenters. The molecule has 2 N–H and O–H groups in total. The number of fused-ring (bicyclic) bond motifs is 1. The summed E-state index contributed by atoms with van der Waals surface area (Å²) < 4.78 is 0. The Morgan fingerprint density at radius 3 is 2.48 bits per heavy atom. The SMILES string of the molecule is C=C(O)C(=O)NCc1cc(C)cc(-n2nc3ccccc3n2)c1. The Morgan fingerprint density at radius 1 is 1.22 bits per heavy atom. The van der Waals surface area contributed by atoms with Crippen molar-refractivity contribution in [1.29, 1.82) is 0 Å². The van der Waals surface area contributed by atoms with E-state index in [0.29, 0.717) is 0 Å². The first-order chi connectivity index (χ1) is 11.0. The predicted octanol–water partition coefficient (Wildman–Crippen LogP) is 2.42. The zero-order valence-corrected chi connectivity index (χ0v) is 12.7. The Morgan fingerprint density at radius 2 is 1.87 bits per heavy atom. The van der Waals surface area contributed by atoms with Gasteiger partial charge in [-0.05, 0) is 42.3 Å². The number of amides is 1. The van der Waals surface area contributed by atoms with Crippen molar-refractivity contribution in [2.24, 2.45) is 0 Å². The summed E-state index contributed by atoms with van der Waals surface area (Å²) in [6, 6.07) is 13.5. The minimum absolute atomic E-state index is 0.286. The van der Waals surface area contributed by atoms with Crippen LogP contribution in [0.25, 0.3) is 16.7 Å². The number of carbonyl (C=O) groups excluding carboxylic acids is 1. The van der Waals surface area contributed by atoms with Crippen molar-refractivity contribution in [2.75, 3.05) is 0 Å². The molecule has 0 saturated heterocycles. The Balaban J connectivity index is 1.90. The predicted molar refractivity (Wildman–Crippen MR) is 87.2 cm³/mol. The summed E-state index contributed by atoms with van der Waals surface area (Å²) in [4.78, 5) is 13.0. The van der Waals surface area contributed by atoms with Gasteiger partial charge in [-0.15, -0.1) is 10.2 Å². The van der Waals surface area contributed by atoms with E-state index in [1.165, 1.54) is 0 Å². The van der Waals surface area contributed by atoms with E-state index in [1.54, 1.807) is 4.80 Å². The molecule has 3 aromatic rings. The first-order valence-electron chi connectivity index (χ1n) is 7.12. The van der Waals surface area contributed by atoms with Crippen LogP contribution in [0.15, 0.2) is 54.8 Å². The maximum absolute atomic E-state index is 11.4. The number of benzene rings is 2. The molecule has 6 nitrogen and oxygen atoms in total. The molecule has 0 aliphatic rings. The third-order valence-corrected chi connectivity index (χ3v) is 3.35. The molecule has 0 spiro atoms. The summed E-state index contributed by atoms with van der Waals surface area (Å²) in [5.41, 5.74) is 4.36. The molecule has 0 unspecified atom stereocenters. The normalized spacial score (nSPS) is 10.7. The topological polar surface area (TPSA) is 80.0 Å². The second kappa shape index (κ2) is 5.92. The zero-order chi connectivity index (χ0) is 16.4. The van der Waals surface area contributed by atoms with Gasteiger partial charge >= 0.3 is 0 Å². The van der Waals surface area contributed by atoms with Crippen molar-refractivity contribution in [3.8, 4) is 5.69 Å². The molecule has 0 bridgehead atoms. The molecule has 0 radical (unpaired) electrons. The van der Waals surface area contributed by atoms with Crippen LogP contribution >= 0.6 is 0 Å². The monoisotopic (exact) mass is 308 g/mol. The first kappa shape index (κ1) is 14.8. The van der Waals surface area contributed by atoms with E-state index in [9.17, 15) is 4.79 Å². The maximum atomic E-state index is 11.4. The first-order valence-corrected chi connectivity index (χ1v) is 7.12. The molecule has 0 fully saturated rings. The number of aromatic nitrogens is 3. The number of aryl methyl sites for hydroxylation is 1. The van der Waals surface area contributed by atoms with Gasteiger partial charge in [0.1, 0.15) is 11.0 Å². The third kappa shape index (κ3) is 3.21. The molecule has 23 heavy (non-hydrogen) atoms. The van der Waals surface area contributed by atoms with Crippen molar-refractivity contribution in [3.05, 3.63) is 65.9 Å². The van der Waals surface area contributed by atoms with Gasteiger partial charge in [0.15, 0.2) is 5.76 Å². The van der Waals surface area contributed by atoms with Crippen LogP contribution in [0.5, 0.6) is 0 Å². The minimum atomic E-state index is -0.587. The lowest BCUT2D eigenvalue weighted by Crippen LogP contribution is -2.24. The molecule has 2 aromatic carbocycles. The van der Waals surface area contributed by atoms with Crippen molar-refractivity contribution < 1.29 is 9.90 Å². The smallest absolute Gasteiger partial charge is 0.285 e. The number of aliphatic hydroxyl groups excluding tert-OH is 1. The van der Waals surface area contributed by atoms with Crippen LogP contribution in [-0.4, -0.2) is 26.0 Å². The standard InChI is InChI=1S/C17H16N4O2/c1-11-7-13(10-18-17(23)12(2)22)9-14(8-11)21-19-15-5-3-4-6-16(15)20-21/h3-9,22H,2,10H2,1H3,(H,18,23). The summed E-state index contributed by atoms with van der Waals surface area (Å²) >= 11 is 0. The Labute approximate surface area is 133 Å².